The Hall–Kier alpha value is -4.67. The summed E-state index contributed by atoms with van der Waals surface area (Å²) in [5, 5.41) is 38.9. The van der Waals surface area contributed by atoms with Gasteiger partial charge in [0.25, 0.3) is 17.7 Å². The minimum Gasteiger partial charge on any atom is -0.481 e. The summed E-state index contributed by atoms with van der Waals surface area (Å²) in [6, 6.07) is -1.96. The van der Waals surface area contributed by atoms with Crippen molar-refractivity contribution < 1.29 is 53.7 Å². The Balaban J connectivity index is 0.937. The Kier molecular flexibility index (Phi) is 13.4. The fourth-order valence-corrected chi connectivity index (χ4v) is 14.5. The first-order valence-corrected chi connectivity index (χ1v) is 24.3. The van der Waals surface area contributed by atoms with Crippen molar-refractivity contribution in [2.45, 2.75) is 58.2 Å². The number of nitrogen functional groups attached to an aromatic ring is 1. The largest absolute Gasteiger partial charge is 0.481 e. The number of nitrogens with zero attached hydrogens (tertiary/aromatic N) is 6. The molecule has 7 heterocycles. The van der Waals surface area contributed by atoms with Crippen molar-refractivity contribution in [1.29, 1.82) is 0 Å². The number of nitrogens with one attached hydrogen (secondary N) is 2. The van der Waals surface area contributed by atoms with Gasteiger partial charge in [-0.1, -0.05) is 28.7 Å². The number of carboxylic acid groups (broad SMARTS) is 3. The number of thiazole rings is 3. The number of aryl methyl sites for hydroxylation is 2. The third-order valence-electron chi connectivity index (χ3n) is 9.38. The summed E-state index contributed by atoms with van der Waals surface area (Å²) in [6.07, 6.45) is -0.262. The lowest BCUT2D eigenvalue weighted by molar-refractivity contribution is -0.150. The van der Waals surface area contributed by atoms with Gasteiger partial charge >= 0.3 is 17.9 Å². The van der Waals surface area contributed by atoms with Gasteiger partial charge in [0, 0.05) is 38.1 Å². The second-order valence-corrected chi connectivity index (χ2v) is 21.0. The van der Waals surface area contributed by atoms with Crippen LogP contribution in [0.4, 0.5) is 5.13 Å². The second-order valence-electron chi connectivity index (χ2n) is 13.3. The first-order valence-electron chi connectivity index (χ1n) is 17.7. The van der Waals surface area contributed by atoms with E-state index in [4.69, 9.17) is 15.7 Å². The van der Waals surface area contributed by atoms with E-state index in [1.165, 1.54) is 87.1 Å². The molecule has 2 fully saturated rings. The van der Waals surface area contributed by atoms with Crippen LogP contribution in [0.3, 0.4) is 0 Å². The number of thioether (sulfide) groups is 4. The van der Waals surface area contributed by atoms with Crippen LogP contribution in [0.5, 0.6) is 0 Å². The highest BCUT2D eigenvalue weighted by Crippen LogP contribution is 2.44. The normalized spacial score (nSPS) is 21.1. The zero-order valence-electron chi connectivity index (χ0n) is 31.9. The lowest BCUT2D eigenvalue weighted by atomic mass is 10.0. The van der Waals surface area contributed by atoms with E-state index in [2.05, 4.69) is 30.7 Å². The third kappa shape index (κ3) is 9.12. The average molecular weight is 968 g/mol. The number of carbonyl (C=O) groups excluding carboxylic acids is 4. The molecule has 27 heteroatoms. The zero-order chi connectivity index (χ0) is 43.9. The Bertz CT molecular complexity index is 2460. The van der Waals surface area contributed by atoms with Crippen LogP contribution in [-0.2, 0) is 51.2 Å². The van der Waals surface area contributed by atoms with E-state index in [0.717, 1.165) is 16.2 Å². The summed E-state index contributed by atoms with van der Waals surface area (Å²) in [4.78, 5) is 110. The molecular formula is C34H33N9O11S7. The highest BCUT2D eigenvalue weighted by Gasteiger charge is 2.55. The molecule has 0 aromatic carbocycles. The van der Waals surface area contributed by atoms with Gasteiger partial charge in [0.2, 0.25) is 5.91 Å². The maximum atomic E-state index is 13.3. The number of aromatic nitrogens is 3. The summed E-state index contributed by atoms with van der Waals surface area (Å²) in [7, 11) is 1.25. The summed E-state index contributed by atoms with van der Waals surface area (Å²) in [5.41, 5.74) is 7.50. The molecule has 0 radical (unpaired) electrons. The number of amides is 4. The van der Waals surface area contributed by atoms with Crippen molar-refractivity contribution in [3.05, 3.63) is 54.8 Å². The number of hydrogen-bond acceptors (Lipinski definition) is 20. The van der Waals surface area contributed by atoms with Crippen molar-refractivity contribution in [3.8, 4) is 0 Å². The first kappa shape index (κ1) is 44.4. The number of fused-ring (bicyclic) bond motifs is 2. The van der Waals surface area contributed by atoms with Gasteiger partial charge in [-0.2, -0.15) is 0 Å². The molecule has 0 spiro atoms. The predicted molar refractivity (Wildman–Crippen MR) is 230 cm³/mol. The standard InChI is InChI=1S/C34H33N9O11S7/c1-11-16(4-18(44)39-21-26(48)42-23(30(50)51)13(6-55-28(21)42)9-59-34-37-12(2)17(61-34)5-19(45)46)60-33(36-11)58-8-14-7-56-29-22(27(49)43(29)24(14)31(52)53)40-25(47)20(41-54-3)15-10-57-32(35)38-15/h10,21-22,28-29H,4-9H2,1-3H3,(H2,35,38)(H,39,44)(H,40,47)(H,45,46)(H,50,51)(H,52,53)/b41-20-. The minimum absolute atomic E-state index is 0.103. The fourth-order valence-electron chi connectivity index (χ4n) is 6.55. The summed E-state index contributed by atoms with van der Waals surface area (Å²) < 4.78 is 1.15. The van der Waals surface area contributed by atoms with Crippen LogP contribution >= 0.6 is 81.1 Å². The predicted octanol–water partition coefficient (Wildman–Crippen LogP) is 1.84. The van der Waals surface area contributed by atoms with E-state index in [9.17, 15) is 43.8 Å². The van der Waals surface area contributed by atoms with Gasteiger partial charge < -0.3 is 36.5 Å². The van der Waals surface area contributed by atoms with Crippen LogP contribution in [0.1, 0.15) is 26.8 Å². The van der Waals surface area contributed by atoms with Crippen molar-refractivity contribution in [3.63, 3.8) is 0 Å². The highest BCUT2D eigenvalue weighted by atomic mass is 32.2. The van der Waals surface area contributed by atoms with Crippen molar-refractivity contribution in [1.82, 2.24) is 35.4 Å². The molecule has 4 aliphatic heterocycles. The number of carbonyl (C=O) groups is 7. The molecule has 322 valence electrons. The molecule has 7 N–H and O–H groups in total. The summed E-state index contributed by atoms with van der Waals surface area (Å²) >= 11 is 8.71. The molecule has 20 nitrogen and oxygen atoms in total. The topological polar surface area (TPSA) is 297 Å². The number of nitrogens with two attached hydrogens (primary N) is 1. The number of hydrogen-bond donors (Lipinski definition) is 6. The number of aliphatic carboxylic acids is 3. The minimum atomic E-state index is -1.30. The van der Waals surface area contributed by atoms with Crippen LogP contribution in [0.25, 0.3) is 0 Å². The van der Waals surface area contributed by atoms with Crippen molar-refractivity contribution in [2.24, 2.45) is 5.16 Å². The lowest BCUT2D eigenvalue weighted by Crippen LogP contribution is -2.71. The molecule has 4 atom stereocenters. The molecule has 4 amide bonds. The Labute approximate surface area is 374 Å². The molecule has 0 bridgehead atoms. The quantitative estimate of drug-likeness (QED) is 0.0487. The SMILES string of the molecule is CO/N=C(\C(=O)NC1C(=O)N2C(C(=O)O)=C(CSc3nc(C)c(CC(=O)NC4C(=O)N5C(C(=O)O)=C(CSc6nc(C)c(CC(=O)O)s6)CSC45)s3)CSC12)c1csc(N)n1. The van der Waals surface area contributed by atoms with Gasteiger partial charge in [-0.3, -0.25) is 33.8 Å². The average Bonchev–Trinajstić information content (AvgIpc) is 3.91. The smallest absolute Gasteiger partial charge is 0.352 e. The first-order chi connectivity index (χ1) is 29.1. The molecule has 7 rings (SSSR count). The van der Waals surface area contributed by atoms with E-state index in [0.29, 0.717) is 46.7 Å². The number of β-lactam (4-membered cyclic amide) rings is 2. The van der Waals surface area contributed by atoms with Gasteiger partial charge in [-0.05, 0) is 25.0 Å². The maximum absolute atomic E-state index is 13.3. The van der Waals surface area contributed by atoms with Gasteiger partial charge in [-0.15, -0.1) is 57.5 Å². The maximum Gasteiger partial charge on any atom is 0.352 e. The van der Waals surface area contributed by atoms with Crippen LogP contribution in [0, 0.1) is 13.8 Å². The highest BCUT2D eigenvalue weighted by molar-refractivity contribution is 8.02. The molecule has 3 aromatic rings. The van der Waals surface area contributed by atoms with Gasteiger partial charge in [0.05, 0.1) is 24.2 Å². The Morgan fingerprint density at radius 2 is 1.34 bits per heavy atom. The van der Waals surface area contributed by atoms with E-state index in [-0.39, 0.29) is 58.0 Å². The number of carboxylic acids is 3. The molecule has 3 aromatic heterocycles. The van der Waals surface area contributed by atoms with Crippen LogP contribution in [-0.4, -0.2) is 140 Å². The molecule has 61 heavy (non-hydrogen) atoms. The van der Waals surface area contributed by atoms with Crippen LogP contribution in [0.15, 0.2) is 41.8 Å². The lowest BCUT2D eigenvalue weighted by Gasteiger charge is -2.49. The Morgan fingerprint density at radius 3 is 1.80 bits per heavy atom. The zero-order valence-corrected chi connectivity index (χ0v) is 37.6. The monoisotopic (exact) mass is 967 g/mol. The van der Waals surface area contributed by atoms with E-state index in [1.807, 2.05) is 0 Å². The molecule has 4 aliphatic rings. The fraction of sp³-hybridized carbons (Fsp3) is 0.382. The molecule has 2 saturated heterocycles. The third-order valence-corrected chi connectivity index (χ3v) is 17.5. The van der Waals surface area contributed by atoms with Crippen molar-refractivity contribution in [2.75, 3.05) is 35.9 Å². The number of oxime groups is 1. The van der Waals surface area contributed by atoms with Crippen LogP contribution in [0.2, 0.25) is 0 Å². The molecular weight excluding hydrogens is 935 g/mol. The van der Waals surface area contributed by atoms with E-state index >= 15 is 0 Å². The molecule has 0 saturated carbocycles. The Morgan fingerprint density at radius 1 is 0.836 bits per heavy atom. The van der Waals surface area contributed by atoms with E-state index in [1.54, 1.807) is 13.8 Å². The molecule has 4 unspecified atom stereocenters. The number of anilines is 1. The summed E-state index contributed by atoms with van der Waals surface area (Å²) in [6.45, 7) is 3.44. The van der Waals surface area contributed by atoms with Crippen molar-refractivity contribution >= 4 is 133 Å². The van der Waals surface area contributed by atoms with E-state index < -0.39 is 64.4 Å². The number of rotatable bonds is 17. The second kappa shape index (κ2) is 18.4. The van der Waals surface area contributed by atoms with Gasteiger partial charge in [-0.25, -0.2) is 24.5 Å². The van der Waals surface area contributed by atoms with Gasteiger partial charge in [0.15, 0.2) is 19.5 Å². The summed E-state index contributed by atoms with van der Waals surface area (Å²) in [5.74, 6) is -4.94. The van der Waals surface area contributed by atoms with Gasteiger partial charge in [0.1, 0.15) is 47.0 Å². The van der Waals surface area contributed by atoms with Crippen LogP contribution < -0.4 is 16.4 Å². The molecule has 0 aliphatic carbocycles.